The fourth-order valence-corrected chi connectivity index (χ4v) is 3.41. The molecule has 0 bridgehead atoms. The van der Waals surface area contributed by atoms with Crippen LogP contribution in [0.15, 0.2) is 72.4 Å². The summed E-state index contributed by atoms with van der Waals surface area (Å²) >= 11 is 0. The lowest BCUT2D eigenvalue weighted by Gasteiger charge is -2.15. The number of hydrogen-bond donors (Lipinski definition) is 1. The van der Waals surface area contributed by atoms with E-state index in [2.05, 4.69) is 5.32 Å². The van der Waals surface area contributed by atoms with Crippen LogP contribution < -0.4 is 19.7 Å². The predicted molar refractivity (Wildman–Crippen MR) is 115 cm³/mol. The number of methoxy groups -OCH3 is 2. The van der Waals surface area contributed by atoms with Crippen molar-refractivity contribution in [3.63, 3.8) is 0 Å². The van der Waals surface area contributed by atoms with E-state index >= 15 is 0 Å². The lowest BCUT2D eigenvalue weighted by atomic mass is 10.0. The van der Waals surface area contributed by atoms with Gasteiger partial charge >= 0.3 is 0 Å². The molecule has 1 aliphatic heterocycles. The van der Waals surface area contributed by atoms with Crippen LogP contribution in [-0.2, 0) is 9.59 Å². The molecule has 4 rings (SSSR count). The fraction of sp³-hybridized carbons (Fsp3) is 0.0833. The molecule has 0 aromatic heterocycles. The van der Waals surface area contributed by atoms with E-state index in [4.69, 9.17) is 9.47 Å². The number of anilines is 2. The van der Waals surface area contributed by atoms with Gasteiger partial charge in [-0.25, -0.2) is 13.7 Å². The van der Waals surface area contributed by atoms with E-state index in [0.717, 1.165) is 17.0 Å². The number of imide groups is 1. The van der Waals surface area contributed by atoms with Crippen molar-refractivity contribution in [2.75, 3.05) is 24.4 Å². The molecule has 0 saturated heterocycles. The van der Waals surface area contributed by atoms with Crippen molar-refractivity contribution in [3.8, 4) is 11.5 Å². The molecule has 0 spiro atoms. The molecule has 0 radical (unpaired) electrons. The van der Waals surface area contributed by atoms with Crippen molar-refractivity contribution in [1.82, 2.24) is 0 Å². The zero-order valence-electron chi connectivity index (χ0n) is 17.2. The van der Waals surface area contributed by atoms with Gasteiger partial charge in [-0.05, 0) is 54.1 Å². The minimum atomic E-state index is -0.629. The van der Waals surface area contributed by atoms with Crippen LogP contribution in [0.2, 0.25) is 0 Å². The van der Waals surface area contributed by atoms with Crippen LogP contribution in [0, 0.1) is 11.6 Å². The molecule has 0 aliphatic carbocycles. The summed E-state index contributed by atoms with van der Waals surface area (Å²) in [6, 6.07) is 15.2. The van der Waals surface area contributed by atoms with Crippen molar-refractivity contribution in [2.45, 2.75) is 0 Å². The van der Waals surface area contributed by atoms with Gasteiger partial charge in [0.1, 0.15) is 17.3 Å². The van der Waals surface area contributed by atoms with Crippen LogP contribution in [0.4, 0.5) is 20.2 Å². The Balaban J connectivity index is 1.80. The molecule has 1 aliphatic rings. The van der Waals surface area contributed by atoms with Gasteiger partial charge < -0.3 is 14.8 Å². The van der Waals surface area contributed by atoms with Crippen molar-refractivity contribution >= 4 is 28.8 Å². The third kappa shape index (κ3) is 3.78. The average Bonchev–Trinajstić information content (AvgIpc) is 3.04. The van der Waals surface area contributed by atoms with Crippen LogP contribution in [0.3, 0.4) is 0 Å². The zero-order chi connectivity index (χ0) is 22.8. The lowest BCUT2D eigenvalue weighted by molar-refractivity contribution is -0.120. The fourth-order valence-electron chi connectivity index (χ4n) is 3.41. The van der Waals surface area contributed by atoms with E-state index in [9.17, 15) is 18.4 Å². The Hall–Kier alpha value is -4.20. The summed E-state index contributed by atoms with van der Waals surface area (Å²) in [5.41, 5.74) is 1.11. The number of amides is 2. The Morgan fingerprint density at radius 2 is 1.34 bits per heavy atom. The molecule has 0 saturated carbocycles. The molecular formula is C24H18F2N2O4. The minimum absolute atomic E-state index is 0.00171. The third-order valence-electron chi connectivity index (χ3n) is 4.95. The molecular weight excluding hydrogens is 418 g/mol. The molecule has 0 atom stereocenters. The van der Waals surface area contributed by atoms with Crippen LogP contribution in [0.1, 0.15) is 5.56 Å². The van der Waals surface area contributed by atoms with Gasteiger partial charge in [-0.15, -0.1) is 0 Å². The van der Waals surface area contributed by atoms with Gasteiger partial charge in [-0.3, -0.25) is 9.59 Å². The molecule has 3 aromatic rings. The second-order valence-corrected chi connectivity index (χ2v) is 6.87. The Labute approximate surface area is 182 Å². The van der Waals surface area contributed by atoms with Crippen LogP contribution in [0.5, 0.6) is 11.5 Å². The highest BCUT2D eigenvalue weighted by molar-refractivity contribution is 6.46. The Morgan fingerprint density at radius 1 is 0.750 bits per heavy atom. The first-order chi connectivity index (χ1) is 15.4. The number of benzene rings is 3. The predicted octanol–water partition coefficient (Wildman–Crippen LogP) is 4.38. The smallest absolute Gasteiger partial charge is 0.282 e. The molecule has 0 fully saturated rings. The second kappa shape index (κ2) is 8.50. The van der Waals surface area contributed by atoms with E-state index in [1.807, 2.05) is 0 Å². The van der Waals surface area contributed by atoms with Gasteiger partial charge in [0.05, 0.1) is 25.5 Å². The maximum Gasteiger partial charge on any atom is 0.282 e. The van der Waals surface area contributed by atoms with E-state index in [1.165, 1.54) is 50.6 Å². The van der Waals surface area contributed by atoms with Gasteiger partial charge in [0, 0.05) is 11.8 Å². The molecule has 162 valence electrons. The summed E-state index contributed by atoms with van der Waals surface area (Å²) in [5, 5.41) is 2.99. The van der Waals surface area contributed by atoms with Crippen LogP contribution in [-0.4, -0.2) is 26.0 Å². The highest BCUT2D eigenvalue weighted by atomic mass is 19.1. The van der Waals surface area contributed by atoms with Crippen molar-refractivity contribution in [2.24, 2.45) is 0 Å². The first-order valence-electron chi connectivity index (χ1n) is 9.56. The maximum absolute atomic E-state index is 13.5. The van der Waals surface area contributed by atoms with Gasteiger partial charge in [0.25, 0.3) is 11.8 Å². The number of hydrogen-bond acceptors (Lipinski definition) is 5. The van der Waals surface area contributed by atoms with Gasteiger partial charge in [-0.1, -0.05) is 12.1 Å². The molecule has 1 N–H and O–H groups in total. The summed E-state index contributed by atoms with van der Waals surface area (Å²) < 4.78 is 37.4. The number of rotatable bonds is 6. The third-order valence-corrected chi connectivity index (χ3v) is 4.95. The van der Waals surface area contributed by atoms with Crippen LogP contribution >= 0.6 is 0 Å². The number of carbonyl (C=O) groups is 2. The topological polar surface area (TPSA) is 67.9 Å². The Kier molecular flexibility index (Phi) is 5.59. The molecule has 6 nitrogen and oxygen atoms in total. The summed E-state index contributed by atoms with van der Waals surface area (Å²) in [6.07, 6.45) is 0. The van der Waals surface area contributed by atoms with Crippen LogP contribution in [0.25, 0.3) is 5.57 Å². The van der Waals surface area contributed by atoms with Crippen molar-refractivity contribution < 1.29 is 27.8 Å². The number of ether oxygens (including phenoxy) is 2. The number of nitrogens with zero attached hydrogens (tertiary/aromatic N) is 1. The maximum atomic E-state index is 13.5. The number of nitrogens with one attached hydrogen (secondary N) is 1. The van der Waals surface area contributed by atoms with E-state index < -0.39 is 23.4 Å². The molecule has 8 heteroatoms. The van der Waals surface area contributed by atoms with E-state index in [0.29, 0.717) is 22.7 Å². The van der Waals surface area contributed by atoms with Crippen molar-refractivity contribution in [3.05, 3.63) is 89.6 Å². The van der Waals surface area contributed by atoms with Gasteiger partial charge in [0.15, 0.2) is 11.5 Å². The number of halogens is 2. The standard InChI is InChI=1S/C24H18F2N2O4/c1-31-19-12-9-17(13-20(19)32-2)27-22-21(14-3-5-15(25)6-4-14)23(29)28(24(22)30)18-10-7-16(26)8-11-18/h3-13,27H,1-2H3. The average molecular weight is 436 g/mol. The monoisotopic (exact) mass is 436 g/mol. The quantitative estimate of drug-likeness (QED) is 0.581. The van der Waals surface area contributed by atoms with Gasteiger partial charge in [-0.2, -0.15) is 0 Å². The highest BCUT2D eigenvalue weighted by Gasteiger charge is 2.40. The minimum Gasteiger partial charge on any atom is -0.493 e. The lowest BCUT2D eigenvalue weighted by Crippen LogP contribution is -2.32. The first-order valence-corrected chi connectivity index (χ1v) is 9.56. The highest BCUT2D eigenvalue weighted by Crippen LogP contribution is 2.36. The summed E-state index contributed by atoms with van der Waals surface area (Å²) in [4.78, 5) is 27.5. The molecule has 32 heavy (non-hydrogen) atoms. The summed E-state index contributed by atoms with van der Waals surface area (Å²) in [7, 11) is 2.98. The zero-order valence-corrected chi connectivity index (χ0v) is 17.2. The summed E-state index contributed by atoms with van der Waals surface area (Å²) in [5.74, 6) is -1.30. The summed E-state index contributed by atoms with van der Waals surface area (Å²) in [6.45, 7) is 0. The Bertz CT molecular complexity index is 1220. The SMILES string of the molecule is COc1ccc(NC2=C(c3ccc(F)cc3)C(=O)N(c3ccc(F)cc3)C2=O)cc1OC. The van der Waals surface area contributed by atoms with Gasteiger partial charge in [0.2, 0.25) is 0 Å². The number of carbonyl (C=O) groups excluding carboxylic acids is 2. The first kappa shape index (κ1) is 21.0. The molecule has 0 unspecified atom stereocenters. The molecule has 3 aromatic carbocycles. The molecule has 2 amide bonds. The largest absolute Gasteiger partial charge is 0.493 e. The van der Waals surface area contributed by atoms with Crippen molar-refractivity contribution in [1.29, 1.82) is 0 Å². The second-order valence-electron chi connectivity index (χ2n) is 6.87. The van der Waals surface area contributed by atoms with E-state index in [1.54, 1.807) is 18.2 Å². The molecule has 1 heterocycles. The van der Waals surface area contributed by atoms with E-state index in [-0.39, 0.29) is 17.0 Å². The Morgan fingerprint density at radius 3 is 1.94 bits per heavy atom. The normalized spacial score (nSPS) is 13.6.